The summed E-state index contributed by atoms with van der Waals surface area (Å²) in [5.74, 6) is 0.638. The number of hydrogen-bond acceptors (Lipinski definition) is 13. The minimum Gasteiger partial charge on any atom is -0.497 e. The Hall–Kier alpha value is -6.55. The van der Waals surface area contributed by atoms with Crippen molar-refractivity contribution in [2.45, 2.75) is 69.0 Å². The molecule has 318 valence electrons. The van der Waals surface area contributed by atoms with Crippen molar-refractivity contribution in [3.8, 4) is 11.5 Å². The lowest BCUT2D eigenvalue weighted by Crippen LogP contribution is -2.49. The van der Waals surface area contributed by atoms with E-state index in [1.54, 1.807) is 35.0 Å². The molecule has 0 saturated carbocycles. The van der Waals surface area contributed by atoms with Gasteiger partial charge in [0.1, 0.15) is 52.8 Å². The highest BCUT2D eigenvalue weighted by atomic mass is 16.6. The van der Waals surface area contributed by atoms with Crippen LogP contribution in [0.3, 0.4) is 0 Å². The number of aromatic nitrogens is 4. The van der Waals surface area contributed by atoms with Gasteiger partial charge in [0.2, 0.25) is 0 Å². The summed E-state index contributed by atoms with van der Waals surface area (Å²) in [4.78, 5) is 42.0. The second kappa shape index (κ2) is 18.0. The molecule has 0 aliphatic carbocycles. The second-order valence-corrected chi connectivity index (χ2v) is 15.7. The first-order chi connectivity index (χ1) is 29.3. The van der Waals surface area contributed by atoms with Gasteiger partial charge in [-0.1, -0.05) is 84.9 Å². The van der Waals surface area contributed by atoms with Crippen LogP contribution >= 0.6 is 0 Å². The van der Waals surface area contributed by atoms with E-state index in [-0.39, 0.29) is 24.5 Å². The van der Waals surface area contributed by atoms with Gasteiger partial charge in [0, 0.05) is 13.5 Å². The molecule has 1 aliphatic rings. The maximum atomic E-state index is 14.5. The molecule has 7 rings (SSSR count). The van der Waals surface area contributed by atoms with E-state index in [1.807, 2.05) is 109 Å². The molecule has 61 heavy (non-hydrogen) atoms. The number of nitrogens with two attached hydrogens (primary N) is 1. The largest absolute Gasteiger partial charge is 0.497 e. The summed E-state index contributed by atoms with van der Waals surface area (Å²) in [7, 11) is 4.67. The predicted molar refractivity (Wildman–Crippen MR) is 226 cm³/mol. The van der Waals surface area contributed by atoms with Gasteiger partial charge in [0.05, 0.1) is 27.2 Å². The summed E-state index contributed by atoms with van der Waals surface area (Å²) < 4.78 is 38.2. The Labute approximate surface area is 354 Å². The third-order valence-corrected chi connectivity index (χ3v) is 10.6. The number of rotatable bonds is 14. The van der Waals surface area contributed by atoms with Gasteiger partial charge >= 0.3 is 12.1 Å². The normalized spacial score (nSPS) is 18.3. The standard InChI is InChI=1S/C46H50N6O9/c1-45(2,3)61-44(55)51(4)35(25-29-13-9-7-10-14-29)43(54)60-39-38(53)36(59-42(39)52-28-50-37-40(47)48-27-49-41(37)52)26-58-46(30-15-11-8-12-16-30,31-17-21-33(56-5)22-18-31)32-19-23-34(57-6)24-20-32/h7-24,27-28,35-36,38-39,42,53H,25-26H2,1-6H3,(H2,47,48,49)/t35?,36-,38-,39+,42-/m0/s1. The van der Waals surface area contributed by atoms with Crippen molar-refractivity contribution < 1.29 is 43.1 Å². The van der Waals surface area contributed by atoms with Gasteiger partial charge in [0.15, 0.2) is 23.8 Å². The number of ether oxygens (including phenoxy) is 6. The van der Waals surface area contributed by atoms with Crippen LogP contribution in [-0.2, 0) is 35.8 Å². The third-order valence-electron chi connectivity index (χ3n) is 10.6. The number of carbonyl (C=O) groups is 2. The molecule has 1 unspecified atom stereocenters. The summed E-state index contributed by atoms with van der Waals surface area (Å²) in [5, 5.41) is 12.3. The number of fused-ring (bicyclic) bond motifs is 1. The van der Waals surface area contributed by atoms with E-state index in [2.05, 4.69) is 15.0 Å². The van der Waals surface area contributed by atoms with Crippen LogP contribution in [0.4, 0.5) is 10.6 Å². The average molecular weight is 831 g/mol. The molecule has 2 aromatic heterocycles. The van der Waals surface area contributed by atoms with Crippen LogP contribution in [0.2, 0.25) is 0 Å². The SMILES string of the molecule is COc1ccc(C(OC[C@@H]2O[C@H](n3cnc4c(N)ncnc43)[C@H](OC(=O)C(Cc3ccccc3)N(C)C(=O)OC(C)(C)C)[C@H]2O)(c2ccccc2)c2ccc(OC)cc2)cc1. The second-order valence-electron chi connectivity index (χ2n) is 15.7. The maximum Gasteiger partial charge on any atom is 0.410 e. The fourth-order valence-corrected chi connectivity index (χ4v) is 7.43. The van der Waals surface area contributed by atoms with Crippen LogP contribution in [0.5, 0.6) is 11.5 Å². The summed E-state index contributed by atoms with van der Waals surface area (Å²) in [6.07, 6.45) is -2.99. The number of benzene rings is 4. The number of nitrogen functional groups attached to an aromatic ring is 1. The average Bonchev–Trinajstić information content (AvgIpc) is 3.84. The lowest BCUT2D eigenvalue weighted by atomic mass is 9.80. The molecule has 3 heterocycles. The van der Waals surface area contributed by atoms with Crippen molar-refractivity contribution >= 4 is 29.0 Å². The summed E-state index contributed by atoms with van der Waals surface area (Å²) in [6, 6.07) is 32.8. The molecule has 0 spiro atoms. The highest BCUT2D eigenvalue weighted by molar-refractivity contribution is 5.82. The first kappa shape index (κ1) is 42.6. The molecular formula is C46H50N6O9. The number of aliphatic hydroxyl groups is 1. The minimum absolute atomic E-state index is 0.0946. The van der Waals surface area contributed by atoms with Crippen molar-refractivity contribution in [3.63, 3.8) is 0 Å². The molecule has 15 heteroatoms. The Morgan fingerprint density at radius 2 is 1.41 bits per heavy atom. The van der Waals surface area contributed by atoms with E-state index in [0.717, 1.165) is 22.3 Å². The molecular weight excluding hydrogens is 781 g/mol. The number of anilines is 1. The molecule has 5 atom stereocenters. The molecule has 1 amide bonds. The van der Waals surface area contributed by atoms with Crippen LogP contribution in [0.25, 0.3) is 11.2 Å². The number of methoxy groups -OCH3 is 2. The zero-order valence-corrected chi connectivity index (χ0v) is 34.9. The van der Waals surface area contributed by atoms with E-state index < -0.39 is 53.8 Å². The summed E-state index contributed by atoms with van der Waals surface area (Å²) in [5.41, 5.74) is 7.74. The number of carbonyl (C=O) groups excluding carboxylic acids is 2. The summed E-state index contributed by atoms with van der Waals surface area (Å²) in [6.45, 7) is 5.02. The zero-order chi connectivity index (χ0) is 43.3. The van der Waals surface area contributed by atoms with Gasteiger partial charge in [-0.25, -0.2) is 24.5 Å². The van der Waals surface area contributed by atoms with Crippen LogP contribution in [-0.4, -0.2) is 99.4 Å². The van der Waals surface area contributed by atoms with E-state index in [0.29, 0.717) is 17.0 Å². The fraction of sp³-hybridized carbons (Fsp3) is 0.326. The molecule has 1 fully saturated rings. The highest BCUT2D eigenvalue weighted by Crippen LogP contribution is 2.43. The maximum absolute atomic E-state index is 14.5. The van der Waals surface area contributed by atoms with Gasteiger partial charge < -0.3 is 39.3 Å². The number of amides is 1. The molecule has 4 aromatic carbocycles. The molecule has 0 bridgehead atoms. The Morgan fingerprint density at radius 1 is 0.836 bits per heavy atom. The van der Waals surface area contributed by atoms with E-state index in [4.69, 9.17) is 34.2 Å². The van der Waals surface area contributed by atoms with Crippen LogP contribution < -0.4 is 15.2 Å². The van der Waals surface area contributed by atoms with Gasteiger partial charge in [-0.15, -0.1) is 0 Å². The van der Waals surface area contributed by atoms with E-state index in [1.165, 1.54) is 29.2 Å². The molecule has 6 aromatic rings. The van der Waals surface area contributed by atoms with Gasteiger partial charge in [-0.2, -0.15) is 0 Å². The fourth-order valence-electron chi connectivity index (χ4n) is 7.43. The van der Waals surface area contributed by atoms with Crippen LogP contribution in [0.15, 0.2) is 122 Å². The number of hydrogen-bond donors (Lipinski definition) is 2. The Bertz CT molecular complexity index is 2360. The number of aliphatic hydroxyl groups excluding tert-OH is 1. The number of nitrogens with zero attached hydrogens (tertiary/aromatic N) is 5. The first-order valence-electron chi connectivity index (χ1n) is 19.8. The lowest BCUT2D eigenvalue weighted by molar-refractivity contribution is -0.164. The zero-order valence-electron chi connectivity index (χ0n) is 34.9. The van der Waals surface area contributed by atoms with Crippen molar-refractivity contribution in [3.05, 3.63) is 144 Å². The van der Waals surface area contributed by atoms with Crippen molar-refractivity contribution in [1.82, 2.24) is 24.4 Å². The Balaban J connectivity index is 1.28. The van der Waals surface area contributed by atoms with Crippen molar-refractivity contribution in [2.24, 2.45) is 0 Å². The van der Waals surface area contributed by atoms with E-state index in [9.17, 15) is 14.7 Å². The van der Waals surface area contributed by atoms with Crippen LogP contribution in [0, 0.1) is 0 Å². The highest BCUT2D eigenvalue weighted by Gasteiger charge is 2.50. The quantitative estimate of drug-likeness (QED) is 0.0953. The Morgan fingerprint density at radius 3 is 1.98 bits per heavy atom. The number of esters is 1. The molecule has 0 radical (unpaired) electrons. The van der Waals surface area contributed by atoms with Crippen molar-refractivity contribution in [2.75, 3.05) is 33.6 Å². The summed E-state index contributed by atoms with van der Waals surface area (Å²) >= 11 is 0. The van der Waals surface area contributed by atoms with Gasteiger partial charge in [0.25, 0.3) is 0 Å². The third kappa shape index (κ3) is 8.99. The van der Waals surface area contributed by atoms with Crippen molar-refractivity contribution in [1.29, 1.82) is 0 Å². The monoisotopic (exact) mass is 830 g/mol. The topological polar surface area (TPSA) is 183 Å². The predicted octanol–water partition coefficient (Wildman–Crippen LogP) is 6.08. The number of imidazole rings is 1. The minimum atomic E-state index is -1.46. The molecule has 15 nitrogen and oxygen atoms in total. The Kier molecular flexibility index (Phi) is 12.5. The number of likely N-dealkylation sites (N-methyl/N-ethyl adjacent to an activating group) is 1. The lowest BCUT2D eigenvalue weighted by Gasteiger charge is -2.37. The molecule has 1 aliphatic heterocycles. The smallest absolute Gasteiger partial charge is 0.410 e. The van der Waals surface area contributed by atoms with E-state index >= 15 is 0 Å². The molecule has 1 saturated heterocycles. The van der Waals surface area contributed by atoms with Gasteiger partial charge in [-0.3, -0.25) is 9.47 Å². The molecule has 3 N–H and O–H groups in total. The van der Waals surface area contributed by atoms with Gasteiger partial charge in [-0.05, 0) is 67.3 Å². The van der Waals surface area contributed by atoms with Crippen LogP contribution in [0.1, 0.15) is 49.3 Å². The first-order valence-corrected chi connectivity index (χ1v) is 19.8.